The van der Waals surface area contributed by atoms with Crippen molar-refractivity contribution < 1.29 is 14.3 Å². The lowest BCUT2D eigenvalue weighted by Gasteiger charge is -2.11. The van der Waals surface area contributed by atoms with E-state index >= 15 is 0 Å². The second-order valence-electron chi connectivity index (χ2n) is 4.43. The number of benzene rings is 1. The van der Waals surface area contributed by atoms with Crippen molar-refractivity contribution in [2.24, 2.45) is 0 Å². The van der Waals surface area contributed by atoms with E-state index in [2.05, 4.69) is 4.98 Å². The summed E-state index contributed by atoms with van der Waals surface area (Å²) in [5, 5.41) is 0.666. The second kappa shape index (κ2) is 5.14. The van der Waals surface area contributed by atoms with Crippen LogP contribution in [0, 0.1) is 0 Å². The maximum absolute atomic E-state index is 11.8. The lowest BCUT2D eigenvalue weighted by atomic mass is 10.1. The van der Waals surface area contributed by atoms with Crippen molar-refractivity contribution in [1.29, 1.82) is 0 Å². The predicted octanol–water partition coefficient (Wildman–Crippen LogP) is 2.39. The monoisotopic (exact) mass is 260 g/mol. The Morgan fingerprint density at radius 2 is 2.05 bits per heavy atom. The van der Waals surface area contributed by atoms with Crippen molar-refractivity contribution in [1.82, 2.24) is 4.98 Å². The highest BCUT2D eigenvalue weighted by molar-refractivity contribution is 6.04. The average molecular weight is 260 g/mol. The van der Waals surface area contributed by atoms with Crippen LogP contribution in [0.25, 0.3) is 10.9 Å². The van der Waals surface area contributed by atoms with E-state index in [0.717, 1.165) is 0 Å². The van der Waals surface area contributed by atoms with Gasteiger partial charge in [-0.05, 0) is 38.1 Å². The lowest BCUT2D eigenvalue weighted by Crippen LogP contribution is -2.07. The van der Waals surface area contributed by atoms with Crippen molar-refractivity contribution in [3.05, 3.63) is 29.8 Å². The number of fused-ring (bicyclic) bond motifs is 1. The van der Waals surface area contributed by atoms with Crippen LogP contribution in [0.1, 0.15) is 24.2 Å². The molecule has 0 atom stereocenters. The molecular weight excluding hydrogens is 244 g/mol. The van der Waals surface area contributed by atoms with Gasteiger partial charge < -0.3 is 15.2 Å². The van der Waals surface area contributed by atoms with Gasteiger partial charge in [-0.1, -0.05) is 0 Å². The Morgan fingerprint density at radius 3 is 2.68 bits per heavy atom. The molecule has 1 heterocycles. The molecule has 0 unspecified atom stereocenters. The fraction of sp³-hybridized carbons (Fsp3) is 0.286. The molecule has 2 rings (SSSR count). The molecule has 0 aliphatic rings. The summed E-state index contributed by atoms with van der Waals surface area (Å²) < 4.78 is 10.4. The largest absolute Gasteiger partial charge is 0.491 e. The second-order valence-corrected chi connectivity index (χ2v) is 4.43. The number of pyridine rings is 1. The van der Waals surface area contributed by atoms with E-state index in [0.29, 0.717) is 22.2 Å². The van der Waals surface area contributed by atoms with Gasteiger partial charge in [-0.25, -0.2) is 9.78 Å². The number of methoxy groups -OCH3 is 1. The molecule has 1 aromatic carbocycles. The van der Waals surface area contributed by atoms with Gasteiger partial charge in [0.05, 0.1) is 24.3 Å². The molecule has 0 amide bonds. The van der Waals surface area contributed by atoms with Crippen molar-refractivity contribution in [3.63, 3.8) is 0 Å². The van der Waals surface area contributed by atoms with Gasteiger partial charge >= 0.3 is 5.97 Å². The molecule has 0 fully saturated rings. The van der Waals surface area contributed by atoms with E-state index in [9.17, 15) is 4.79 Å². The van der Waals surface area contributed by atoms with Gasteiger partial charge in [-0.15, -0.1) is 0 Å². The third kappa shape index (κ3) is 2.76. The quantitative estimate of drug-likeness (QED) is 0.858. The van der Waals surface area contributed by atoms with Crippen molar-refractivity contribution >= 4 is 22.7 Å². The first-order valence-electron chi connectivity index (χ1n) is 5.96. The predicted molar refractivity (Wildman–Crippen MR) is 73.3 cm³/mol. The van der Waals surface area contributed by atoms with Gasteiger partial charge in [0, 0.05) is 5.39 Å². The molecule has 0 aliphatic carbocycles. The minimum Gasteiger partial charge on any atom is -0.491 e. The Morgan fingerprint density at radius 1 is 1.32 bits per heavy atom. The smallest absolute Gasteiger partial charge is 0.338 e. The van der Waals surface area contributed by atoms with Crippen LogP contribution in [-0.4, -0.2) is 24.2 Å². The number of hydrogen-bond donors (Lipinski definition) is 1. The SMILES string of the molecule is COC(=O)c1cc(N)nc2ccc(OC(C)C)cc12. The maximum Gasteiger partial charge on any atom is 0.338 e. The summed E-state index contributed by atoms with van der Waals surface area (Å²) in [4.78, 5) is 16.0. The van der Waals surface area contributed by atoms with Crippen LogP contribution in [0.15, 0.2) is 24.3 Å². The molecule has 5 heteroatoms. The first-order valence-corrected chi connectivity index (χ1v) is 5.96. The van der Waals surface area contributed by atoms with E-state index in [-0.39, 0.29) is 11.9 Å². The van der Waals surface area contributed by atoms with Crippen LogP contribution in [0.3, 0.4) is 0 Å². The van der Waals surface area contributed by atoms with Crippen molar-refractivity contribution in [3.8, 4) is 5.75 Å². The Kier molecular flexibility index (Phi) is 3.55. The summed E-state index contributed by atoms with van der Waals surface area (Å²) in [6.45, 7) is 3.87. The van der Waals surface area contributed by atoms with Crippen LogP contribution >= 0.6 is 0 Å². The fourth-order valence-electron chi connectivity index (χ4n) is 1.85. The van der Waals surface area contributed by atoms with E-state index < -0.39 is 5.97 Å². The van der Waals surface area contributed by atoms with E-state index in [4.69, 9.17) is 15.2 Å². The number of nitrogens with two attached hydrogens (primary N) is 1. The average Bonchev–Trinajstić information content (AvgIpc) is 2.36. The van der Waals surface area contributed by atoms with Crippen LogP contribution in [0.5, 0.6) is 5.75 Å². The third-order valence-corrected chi connectivity index (χ3v) is 2.58. The molecule has 0 radical (unpaired) electrons. The van der Waals surface area contributed by atoms with Crippen LogP contribution < -0.4 is 10.5 Å². The summed E-state index contributed by atoms with van der Waals surface area (Å²) in [5.41, 5.74) is 6.71. The Bertz CT molecular complexity index is 623. The number of nitrogen functional groups attached to an aromatic ring is 1. The number of ether oxygens (including phenoxy) is 2. The zero-order chi connectivity index (χ0) is 14.0. The van der Waals surface area contributed by atoms with Crippen LogP contribution in [0.4, 0.5) is 5.82 Å². The normalized spacial score (nSPS) is 10.7. The molecule has 2 N–H and O–H groups in total. The highest BCUT2D eigenvalue weighted by atomic mass is 16.5. The Hall–Kier alpha value is -2.30. The van der Waals surface area contributed by atoms with Crippen LogP contribution in [0.2, 0.25) is 0 Å². The molecule has 0 saturated carbocycles. The summed E-state index contributed by atoms with van der Waals surface area (Å²) in [6, 6.07) is 6.85. The zero-order valence-electron chi connectivity index (χ0n) is 11.1. The molecule has 5 nitrogen and oxygen atoms in total. The number of anilines is 1. The first-order chi connectivity index (χ1) is 9.01. The van der Waals surface area contributed by atoms with Crippen LogP contribution in [-0.2, 0) is 4.74 Å². The van der Waals surface area contributed by atoms with Gasteiger partial charge in [-0.2, -0.15) is 0 Å². The summed E-state index contributed by atoms with van der Waals surface area (Å²) in [5.74, 6) is 0.519. The maximum atomic E-state index is 11.8. The minimum atomic E-state index is -0.444. The molecule has 0 saturated heterocycles. The van der Waals surface area contributed by atoms with Gasteiger partial charge in [0.2, 0.25) is 0 Å². The molecular formula is C14H16N2O3. The number of hydrogen-bond acceptors (Lipinski definition) is 5. The van der Waals surface area contributed by atoms with E-state index in [1.807, 2.05) is 13.8 Å². The molecule has 0 aliphatic heterocycles. The highest BCUT2D eigenvalue weighted by Crippen LogP contribution is 2.25. The Labute approximate surface area is 111 Å². The number of rotatable bonds is 3. The summed E-state index contributed by atoms with van der Waals surface area (Å²) in [6.07, 6.45) is 0.0563. The zero-order valence-corrected chi connectivity index (χ0v) is 11.1. The number of carbonyl (C=O) groups is 1. The standard InChI is InChI=1S/C14H16N2O3/c1-8(2)19-9-4-5-12-10(6-9)11(14(17)18-3)7-13(15)16-12/h4-8H,1-3H3,(H2,15,16). The number of esters is 1. The van der Waals surface area contributed by atoms with Gasteiger partial charge in [0.15, 0.2) is 0 Å². The molecule has 0 bridgehead atoms. The molecule has 2 aromatic rings. The summed E-state index contributed by atoms with van der Waals surface area (Å²) >= 11 is 0. The molecule has 0 spiro atoms. The number of aromatic nitrogens is 1. The van der Waals surface area contributed by atoms with Gasteiger partial charge in [-0.3, -0.25) is 0 Å². The van der Waals surface area contributed by atoms with Gasteiger partial charge in [0.25, 0.3) is 0 Å². The fourth-order valence-corrected chi connectivity index (χ4v) is 1.85. The van der Waals surface area contributed by atoms with Crippen molar-refractivity contribution in [2.45, 2.75) is 20.0 Å². The summed E-state index contributed by atoms with van der Waals surface area (Å²) in [7, 11) is 1.33. The van der Waals surface area contributed by atoms with Gasteiger partial charge in [0.1, 0.15) is 11.6 Å². The Balaban J connectivity index is 2.61. The van der Waals surface area contributed by atoms with E-state index in [1.54, 1.807) is 18.2 Å². The first kappa shape index (κ1) is 13.1. The number of carbonyl (C=O) groups excluding carboxylic acids is 1. The van der Waals surface area contributed by atoms with E-state index in [1.165, 1.54) is 13.2 Å². The topological polar surface area (TPSA) is 74.4 Å². The molecule has 100 valence electrons. The minimum absolute atomic E-state index is 0.0563. The molecule has 19 heavy (non-hydrogen) atoms. The number of nitrogens with zero attached hydrogens (tertiary/aromatic N) is 1. The third-order valence-electron chi connectivity index (χ3n) is 2.58. The lowest BCUT2D eigenvalue weighted by molar-refractivity contribution is 0.0603. The van der Waals surface area contributed by atoms with Crippen molar-refractivity contribution in [2.75, 3.05) is 12.8 Å². The highest BCUT2D eigenvalue weighted by Gasteiger charge is 2.13. The molecule has 1 aromatic heterocycles.